The molecule has 12 rings (SSSR count). The number of oxazole rings is 1. The third-order valence-electron chi connectivity index (χ3n) is 11.1. The Morgan fingerprint density at radius 2 is 0.984 bits per heavy atom. The molecule has 0 radical (unpaired) electrons. The van der Waals surface area contributed by atoms with Crippen LogP contribution in [-0.2, 0) is 0 Å². The van der Waals surface area contributed by atoms with Gasteiger partial charge in [-0.25, -0.2) is 24.9 Å². The third-order valence-corrected chi connectivity index (χ3v) is 12.2. The number of para-hydroxylation sites is 1. The quantitative estimate of drug-likeness (QED) is 0.160. The Morgan fingerprint density at radius 3 is 1.74 bits per heavy atom. The molecule has 0 saturated carbocycles. The van der Waals surface area contributed by atoms with Crippen molar-refractivity contribution in [3.63, 3.8) is 0 Å². The summed E-state index contributed by atoms with van der Waals surface area (Å²) in [6.07, 6.45) is 0. The normalized spacial score (nSPS) is 11.6. The van der Waals surface area contributed by atoms with Crippen LogP contribution in [0.5, 0.6) is 0 Å². The second-order valence-corrected chi connectivity index (χ2v) is 16.0. The van der Waals surface area contributed by atoms with Crippen LogP contribution in [0.1, 0.15) is 0 Å². The van der Waals surface area contributed by atoms with Gasteiger partial charge in [0.25, 0.3) is 0 Å². The molecule has 8 heteroatoms. The fourth-order valence-corrected chi connectivity index (χ4v) is 9.09. The Hall–Kier alpha value is -8.07. The Labute approximate surface area is 354 Å². The number of nitrogens with zero attached hydrogens (tertiary/aromatic N) is 6. The Kier molecular flexibility index (Phi) is 8.21. The second kappa shape index (κ2) is 14.3. The predicted octanol–water partition coefficient (Wildman–Crippen LogP) is 13.7. The molecule has 0 amide bonds. The fraction of sp³-hybridized carbons (Fsp3) is 0. The molecule has 0 spiro atoms. The van der Waals surface area contributed by atoms with E-state index in [2.05, 4.69) is 102 Å². The van der Waals surface area contributed by atoms with Crippen molar-refractivity contribution in [3.8, 4) is 73.0 Å². The highest BCUT2D eigenvalue weighted by Crippen LogP contribution is 2.38. The van der Waals surface area contributed by atoms with Crippen molar-refractivity contribution in [1.82, 2.24) is 29.5 Å². The number of benzene rings is 8. The van der Waals surface area contributed by atoms with E-state index < -0.39 is 0 Å². The van der Waals surface area contributed by atoms with Gasteiger partial charge in [0.15, 0.2) is 23.1 Å². The first-order valence-electron chi connectivity index (χ1n) is 20.1. The maximum absolute atomic E-state index is 6.15. The monoisotopic (exact) mass is 800 g/mol. The van der Waals surface area contributed by atoms with Crippen LogP contribution in [0.2, 0.25) is 0 Å². The summed E-state index contributed by atoms with van der Waals surface area (Å²) in [4.78, 5) is 24.8. The second-order valence-electron chi connectivity index (χ2n) is 14.9. The topological polar surface area (TPSA) is 82.5 Å². The number of thiazole rings is 1. The largest absolute Gasteiger partial charge is 0.436 e. The van der Waals surface area contributed by atoms with Gasteiger partial charge in [-0.2, -0.15) is 0 Å². The maximum atomic E-state index is 6.15. The van der Waals surface area contributed by atoms with Gasteiger partial charge in [0.2, 0.25) is 5.89 Å². The molecule has 8 aromatic carbocycles. The highest BCUT2D eigenvalue weighted by atomic mass is 32.1. The predicted molar refractivity (Wildman–Crippen MR) is 248 cm³/mol. The van der Waals surface area contributed by atoms with Gasteiger partial charge in [0.05, 0.1) is 21.3 Å². The standard InChI is InChI=1S/C53H32N6OS/c1-4-13-33(14-5-1)49-56-50(34-15-6-2-7-16-34)58-51(57-49)38-24-28-48-44(31-38)55-53(61-48)39-20-12-19-36(29-39)37-23-26-46-42(30-37)41-21-10-11-22-45(41)59(46)40-25-27-47-43(32-40)54-52(60-47)35-17-8-3-9-18-35/h1-32H. The van der Waals surface area contributed by atoms with Gasteiger partial charge in [-0.1, -0.05) is 121 Å². The van der Waals surface area contributed by atoms with Gasteiger partial charge < -0.3 is 8.98 Å². The number of hydrogen-bond donors (Lipinski definition) is 0. The van der Waals surface area contributed by atoms with Gasteiger partial charge in [0, 0.05) is 44.3 Å². The van der Waals surface area contributed by atoms with E-state index in [0.717, 1.165) is 82.0 Å². The molecule has 0 N–H and O–H groups in total. The molecule has 4 heterocycles. The molecule has 0 unspecified atom stereocenters. The average Bonchev–Trinajstić information content (AvgIpc) is 4.06. The molecule has 0 aliphatic heterocycles. The van der Waals surface area contributed by atoms with Crippen LogP contribution < -0.4 is 0 Å². The van der Waals surface area contributed by atoms with E-state index >= 15 is 0 Å². The zero-order valence-corrected chi connectivity index (χ0v) is 33.3. The number of hydrogen-bond acceptors (Lipinski definition) is 7. The summed E-state index contributed by atoms with van der Waals surface area (Å²) in [7, 11) is 0. The molecule has 0 atom stereocenters. The highest BCUT2D eigenvalue weighted by Gasteiger charge is 2.18. The average molecular weight is 801 g/mol. The minimum absolute atomic E-state index is 0.610. The van der Waals surface area contributed by atoms with Gasteiger partial charge in [-0.05, 0) is 83.9 Å². The van der Waals surface area contributed by atoms with Crippen LogP contribution in [0, 0.1) is 0 Å². The van der Waals surface area contributed by atoms with E-state index in [-0.39, 0.29) is 0 Å². The van der Waals surface area contributed by atoms with Crippen molar-refractivity contribution in [2.75, 3.05) is 0 Å². The number of aromatic nitrogens is 6. The lowest BCUT2D eigenvalue weighted by Crippen LogP contribution is -2.00. The van der Waals surface area contributed by atoms with Crippen molar-refractivity contribution < 1.29 is 4.42 Å². The lowest BCUT2D eigenvalue weighted by Gasteiger charge is -2.08. The molecular weight excluding hydrogens is 769 g/mol. The Bertz CT molecular complexity index is 3540. The third kappa shape index (κ3) is 6.25. The first-order chi connectivity index (χ1) is 30.2. The molecule has 4 aromatic heterocycles. The fourth-order valence-electron chi connectivity index (χ4n) is 8.15. The smallest absolute Gasteiger partial charge is 0.227 e. The van der Waals surface area contributed by atoms with Crippen molar-refractivity contribution >= 4 is 54.5 Å². The van der Waals surface area contributed by atoms with Crippen LogP contribution in [0.15, 0.2) is 199 Å². The zero-order chi connectivity index (χ0) is 40.3. The van der Waals surface area contributed by atoms with Gasteiger partial charge >= 0.3 is 0 Å². The minimum atomic E-state index is 0.610. The van der Waals surface area contributed by atoms with E-state index in [1.807, 2.05) is 97.1 Å². The van der Waals surface area contributed by atoms with E-state index in [4.69, 9.17) is 29.3 Å². The van der Waals surface area contributed by atoms with Crippen molar-refractivity contribution in [2.24, 2.45) is 0 Å². The van der Waals surface area contributed by atoms with E-state index in [1.165, 1.54) is 10.8 Å². The summed E-state index contributed by atoms with van der Waals surface area (Å²) < 4.78 is 9.57. The van der Waals surface area contributed by atoms with E-state index in [9.17, 15) is 0 Å². The highest BCUT2D eigenvalue weighted by molar-refractivity contribution is 7.21. The maximum Gasteiger partial charge on any atom is 0.227 e. The molecule has 7 nitrogen and oxygen atoms in total. The lowest BCUT2D eigenvalue weighted by atomic mass is 10.0. The van der Waals surface area contributed by atoms with Crippen LogP contribution >= 0.6 is 11.3 Å². The molecule has 61 heavy (non-hydrogen) atoms. The van der Waals surface area contributed by atoms with Gasteiger partial charge in [-0.15, -0.1) is 11.3 Å². The number of fused-ring (bicyclic) bond motifs is 5. The van der Waals surface area contributed by atoms with Crippen molar-refractivity contribution in [3.05, 3.63) is 194 Å². The summed E-state index contributed by atoms with van der Waals surface area (Å²) in [6, 6.07) is 66.7. The summed E-state index contributed by atoms with van der Waals surface area (Å²) in [6.45, 7) is 0. The summed E-state index contributed by atoms with van der Waals surface area (Å²) >= 11 is 1.69. The summed E-state index contributed by atoms with van der Waals surface area (Å²) in [5, 5.41) is 3.32. The van der Waals surface area contributed by atoms with E-state index in [1.54, 1.807) is 11.3 Å². The van der Waals surface area contributed by atoms with Crippen molar-refractivity contribution in [2.45, 2.75) is 0 Å². The zero-order valence-electron chi connectivity index (χ0n) is 32.5. The summed E-state index contributed by atoms with van der Waals surface area (Å²) in [5.41, 5.74) is 12.8. The van der Waals surface area contributed by atoms with Crippen LogP contribution in [0.3, 0.4) is 0 Å². The Balaban J connectivity index is 0.897. The van der Waals surface area contributed by atoms with Crippen LogP contribution in [0.4, 0.5) is 0 Å². The molecule has 0 aliphatic carbocycles. The Morgan fingerprint density at radius 1 is 0.377 bits per heavy atom. The molecule has 286 valence electrons. The van der Waals surface area contributed by atoms with Gasteiger partial charge in [0.1, 0.15) is 10.5 Å². The molecule has 12 aromatic rings. The molecular formula is C53H32N6OS. The SMILES string of the molecule is c1ccc(-c2nc(-c3ccccc3)nc(-c3ccc4sc(-c5cccc(-c6ccc7c(c6)c6ccccc6n7-c6ccc7oc(-c8ccccc8)nc7c6)c5)nc4c3)n2)cc1. The van der Waals surface area contributed by atoms with E-state index in [0.29, 0.717) is 23.4 Å². The molecule has 0 fully saturated rings. The first kappa shape index (κ1) is 34.9. The number of rotatable bonds is 7. The van der Waals surface area contributed by atoms with Crippen LogP contribution in [0.25, 0.3) is 116 Å². The van der Waals surface area contributed by atoms with Gasteiger partial charge in [-0.3, -0.25) is 0 Å². The molecule has 0 saturated heterocycles. The minimum Gasteiger partial charge on any atom is -0.436 e. The van der Waals surface area contributed by atoms with Crippen LogP contribution in [-0.4, -0.2) is 29.5 Å². The summed E-state index contributed by atoms with van der Waals surface area (Å²) in [5.74, 6) is 2.49. The lowest BCUT2D eigenvalue weighted by molar-refractivity contribution is 0.620. The first-order valence-corrected chi connectivity index (χ1v) is 20.9. The molecule has 0 bridgehead atoms. The molecule has 0 aliphatic rings. The van der Waals surface area contributed by atoms with Crippen molar-refractivity contribution in [1.29, 1.82) is 0 Å².